The highest BCUT2D eigenvalue weighted by atomic mass is 32.2. The fraction of sp³-hybridized carbons (Fsp3) is 0.111. The van der Waals surface area contributed by atoms with Gasteiger partial charge in [-0.15, -0.1) is 11.8 Å². The Morgan fingerprint density at radius 3 is 3.00 bits per heavy atom. The van der Waals surface area contributed by atoms with E-state index in [1.807, 2.05) is 0 Å². The first-order valence-electron chi connectivity index (χ1n) is 3.48. The van der Waals surface area contributed by atoms with E-state index in [0.29, 0.717) is 4.58 Å². The highest BCUT2D eigenvalue weighted by Crippen LogP contribution is 2.34. The Bertz CT molecular complexity index is 291. The van der Waals surface area contributed by atoms with Gasteiger partial charge in [0.2, 0.25) is 0 Å². The van der Waals surface area contributed by atoms with E-state index in [1.54, 1.807) is 11.8 Å². The van der Waals surface area contributed by atoms with Crippen molar-refractivity contribution in [3.05, 3.63) is 35.9 Å². The molecule has 0 nitrogen and oxygen atoms in total. The van der Waals surface area contributed by atoms with E-state index in [9.17, 15) is 0 Å². The molecule has 56 valence electrons. The van der Waals surface area contributed by atoms with Crippen LogP contribution in [0.2, 0.25) is 0 Å². The summed E-state index contributed by atoms with van der Waals surface area (Å²) in [5, 5.41) is 0. The number of benzene rings is 1. The summed E-state index contributed by atoms with van der Waals surface area (Å²) in [6, 6.07) is 8.37. The molecule has 1 atom stereocenters. The maximum absolute atomic E-state index is 4.36. The van der Waals surface area contributed by atoms with Gasteiger partial charge in [0, 0.05) is 4.90 Å². The van der Waals surface area contributed by atoms with Gasteiger partial charge in [0.1, 0.15) is 0 Å². The monoisotopic (exact) mass is 180 g/mol. The van der Waals surface area contributed by atoms with Crippen LogP contribution in [0.1, 0.15) is 5.56 Å². The molecule has 2 rings (SSSR count). The summed E-state index contributed by atoms with van der Waals surface area (Å²) in [6.07, 6.45) is 4.24. The Labute approximate surface area is 76.1 Å². The molecule has 0 radical (unpaired) electrons. The van der Waals surface area contributed by atoms with Crippen LogP contribution in [0, 0.1) is 0 Å². The number of fused-ring (bicyclic) bond motifs is 1. The Balaban J connectivity index is 2.46. The molecule has 0 saturated carbocycles. The minimum absolute atomic E-state index is 0.324. The fourth-order valence-electron chi connectivity index (χ4n) is 1.08. The average Bonchev–Trinajstić information content (AvgIpc) is 2.04. The van der Waals surface area contributed by atoms with Crippen LogP contribution in [0.5, 0.6) is 0 Å². The van der Waals surface area contributed by atoms with Gasteiger partial charge >= 0.3 is 0 Å². The maximum Gasteiger partial charge on any atom is 0.0703 e. The van der Waals surface area contributed by atoms with Crippen LogP contribution in [-0.2, 0) is 0 Å². The highest BCUT2D eigenvalue weighted by molar-refractivity contribution is 8.10. The van der Waals surface area contributed by atoms with Crippen molar-refractivity contribution in [2.24, 2.45) is 0 Å². The van der Waals surface area contributed by atoms with Gasteiger partial charge in [-0.05, 0) is 11.6 Å². The fourth-order valence-corrected chi connectivity index (χ4v) is 2.35. The molecule has 0 spiro atoms. The second-order valence-electron chi connectivity index (χ2n) is 2.41. The summed E-state index contributed by atoms with van der Waals surface area (Å²) < 4.78 is 0.324. The lowest BCUT2D eigenvalue weighted by molar-refractivity contribution is 1.39. The smallest absolute Gasteiger partial charge is 0.0703 e. The van der Waals surface area contributed by atoms with Gasteiger partial charge < -0.3 is 0 Å². The molecule has 0 amide bonds. The van der Waals surface area contributed by atoms with Crippen molar-refractivity contribution in [2.75, 3.05) is 0 Å². The lowest BCUT2D eigenvalue weighted by atomic mass is 10.2. The molecule has 1 aromatic rings. The highest BCUT2D eigenvalue weighted by Gasteiger charge is 2.08. The molecule has 1 aromatic carbocycles. The molecule has 0 aliphatic carbocycles. The Morgan fingerprint density at radius 2 is 2.09 bits per heavy atom. The van der Waals surface area contributed by atoms with Gasteiger partial charge in [-0.1, -0.05) is 30.4 Å². The van der Waals surface area contributed by atoms with E-state index in [4.69, 9.17) is 0 Å². The molecule has 0 fully saturated rings. The summed E-state index contributed by atoms with van der Waals surface area (Å²) in [5.74, 6) is 0. The van der Waals surface area contributed by atoms with E-state index < -0.39 is 0 Å². The molecule has 1 aliphatic rings. The molecule has 0 saturated heterocycles. The zero-order valence-corrected chi connectivity index (χ0v) is 7.61. The number of thiol groups is 1. The van der Waals surface area contributed by atoms with Crippen molar-refractivity contribution in [1.82, 2.24) is 0 Å². The minimum atomic E-state index is 0.324. The predicted molar refractivity (Wildman–Crippen MR) is 54.1 cm³/mol. The topological polar surface area (TPSA) is 0 Å². The van der Waals surface area contributed by atoms with Crippen LogP contribution in [0.4, 0.5) is 0 Å². The van der Waals surface area contributed by atoms with Gasteiger partial charge in [0.05, 0.1) is 4.58 Å². The van der Waals surface area contributed by atoms with Crippen LogP contribution in [0.15, 0.2) is 35.2 Å². The molecule has 0 aromatic heterocycles. The molecule has 2 heteroatoms. The molecular weight excluding hydrogens is 172 g/mol. The molecule has 1 unspecified atom stereocenters. The Kier molecular flexibility index (Phi) is 1.96. The summed E-state index contributed by atoms with van der Waals surface area (Å²) in [4.78, 5) is 1.33. The van der Waals surface area contributed by atoms with Crippen molar-refractivity contribution in [2.45, 2.75) is 9.48 Å². The third kappa shape index (κ3) is 1.47. The Hall–Kier alpha value is -0.340. The van der Waals surface area contributed by atoms with Crippen molar-refractivity contribution in [3.8, 4) is 0 Å². The first-order valence-corrected chi connectivity index (χ1v) is 4.88. The van der Waals surface area contributed by atoms with E-state index in [2.05, 4.69) is 49.0 Å². The zero-order valence-electron chi connectivity index (χ0n) is 5.90. The first-order chi connectivity index (χ1) is 5.36. The molecule has 11 heavy (non-hydrogen) atoms. The summed E-state index contributed by atoms with van der Waals surface area (Å²) in [5.41, 5.74) is 1.31. The third-order valence-electron chi connectivity index (χ3n) is 1.61. The van der Waals surface area contributed by atoms with Gasteiger partial charge in [0.25, 0.3) is 0 Å². The number of hydrogen-bond donors (Lipinski definition) is 1. The van der Waals surface area contributed by atoms with E-state index >= 15 is 0 Å². The lowest BCUT2D eigenvalue weighted by Gasteiger charge is -2.13. The minimum Gasteiger partial charge on any atom is -0.160 e. The van der Waals surface area contributed by atoms with Crippen molar-refractivity contribution < 1.29 is 0 Å². The third-order valence-corrected chi connectivity index (χ3v) is 3.12. The second-order valence-corrected chi connectivity index (χ2v) is 4.49. The van der Waals surface area contributed by atoms with Crippen molar-refractivity contribution in [3.63, 3.8) is 0 Å². The summed E-state index contributed by atoms with van der Waals surface area (Å²) in [6.45, 7) is 0. The normalized spacial score (nSPS) is 21.4. The van der Waals surface area contributed by atoms with Crippen LogP contribution >= 0.6 is 24.4 Å². The molecule has 1 heterocycles. The predicted octanol–water partition coefficient (Wildman–Crippen LogP) is 3.06. The Morgan fingerprint density at radius 1 is 1.27 bits per heavy atom. The van der Waals surface area contributed by atoms with Crippen LogP contribution in [0.25, 0.3) is 6.08 Å². The molecule has 0 bridgehead atoms. The van der Waals surface area contributed by atoms with Gasteiger partial charge in [-0.3, -0.25) is 0 Å². The standard InChI is InChI=1S/C9H8S2/c10-9-6-5-7-3-1-2-4-8(7)11-9/h1-6,9-10H. The van der Waals surface area contributed by atoms with Gasteiger partial charge in [-0.25, -0.2) is 0 Å². The van der Waals surface area contributed by atoms with Crippen LogP contribution in [0.3, 0.4) is 0 Å². The van der Waals surface area contributed by atoms with E-state index in [0.717, 1.165) is 0 Å². The quantitative estimate of drug-likeness (QED) is 0.599. The molecule has 0 N–H and O–H groups in total. The molecule has 1 aliphatic heterocycles. The lowest BCUT2D eigenvalue weighted by Crippen LogP contribution is -1.92. The number of thioether (sulfide) groups is 1. The van der Waals surface area contributed by atoms with E-state index in [-0.39, 0.29) is 0 Å². The largest absolute Gasteiger partial charge is 0.160 e. The van der Waals surface area contributed by atoms with Crippen LogP contribution < -0.4 is 0 Å². The zero-order chi connectivity index (χ0) is 7.68. The average molecular weight is 180 g/mol. The maximum atomic E-state index is 4.36. The van der Waals surface area contributed by atoms with Crippen molar-refractivity contribution >= 4 is 30.5 Å². The molecular formula is C9H8S2. The SMILES string of the molecule is SC1C=Cc2ccccc2S1. The first kappa shape index (κ1) is 7.32. The number of rotatable bonds is 0. The van der Waals surface area contributed by atoms with E-state index in [1.165, 1.54) is 10.5 Å². The summed E-state index contributed by atoms with van der Waals surface area (Å²) >= 11 is 6.15. The van der Waals surface area contributed by atoms with Gasteiger partial charge in [-0.2, -0.15) is 12.6 Å². The van der Waals surface area contributed by atoms with Gasteiger partial charge in [0.15, 0.2) is 0 Å². The number of hydrogen-bond acceptors (Lipinski definition) is 2. The summed E-state index contributed by atoms with van der Waals surface area (Å²) in [7, 11) is 0. The van der Waals surface area contributed by atoms with Crippen LogP contribution in [-0.4, -0.2) is 4.58 Å². The van der Waals surface area contributed by atoms with Crippen molar-refractivity contribution in [1.29, 1.82) is 0 Å². The second kappa shape index (κ2) is 2.95.